The summed E-state index contributed by atoms with van der Waals surface area (Å²) >= 11 is 0. The quantitative estimate of drug-likeness (QED) is 0.888. The number of aromatic hydroxyl groups is 2. The van der Waals surface area contributed by atoms with Crippen LogP contribution in [0.3, 0.4) is 0 Å². The van der Waals surface area contributed by atoms with Crippen molar-refractivity contribution in [2.24, 2.45) is 0 Å². The normalized spacial score (nSPS) is 11.7. The fraction of sp³-hybridized carbons (Fsp3) is 0.294. The molecule has 2 rings (SSSR count). The van der Waals surface area contributed by atoms with Gasteiger partial charge in [-0.05, 0) is 62.4 Å². The van der Waals surface area contributed by atoms with Crippen molar-refractivity contribution >= 4 is 9.84 Å². The van der Waals surface area contributed by atoms with Crippen LogP contribution in [0.25, 0.3) is 0 Å². The molecule has 22 heavy (non-hydrogen) atoms. The molecule has 4 nitrogen and oxygen atoms in total. The lowest BCUT2D eigenvalue weighted by molar-refractivity contribution is 0.447. The molecule has 0 aliphatic heterocycles. The third-order valence-electron chi connectivity index (χ3n) is 4.02. The van der Waals surface area contributed by atoms with E-state index in [1.165, 1.54) is 0 Å². The minimum Gasteiger partial charge on any atom is -0.506 e. The molecule has 2 aromatic carbocycles. The molecule has 0 unspecified atom stereocenters. The predicted octanol–water partition coefficient (Wildman–Crippen LogP) is 3.47. The summed E-state index contributed by atoms with van der Waals surface area (Å²) in [6.07, 6.45) is 0. The molecule has 0 radical (unpaired) electrons. The zero-order chi connectivity index (χ0) is 16.8. The van der Waals surface area contributed by atoms with Crippen molar-refractivity contribution in [3.8, 4) is 11.5 Å². The fourth-order valence-electron chi connectivity index (χ4n) is 2.59. The average Bonchev–Trinajstić information content (AvgIpc) is 2.40. The third-order valence-corrected chi connectivity index (χ3v) is 6.13. The van der Waals surface area contributed by atoms with E-state index in [2.05, 4.69) is 0 Å². The largest absolute Gasteiger partial charge is 0.506 e. The van der Waals surface area contributed by atoms with Crippen molar-refractivity contribution in [3.05, 3.63) is 46.0 Å². The Balaban J connectivity index is 2.90. The number of hydrogen-bond acceptors (Lipinski definition) is 4. The summed E-state index contributed by atoms with van der Waals surface area (Å²) < 4.78 is 26.0. The molecule has 0 atom stereocenters. The third kappa shape index (κ3) is 2.35. The second kappa shape index (κ2) is 5.32. The summed E-state index contributed by atoms with van der Waals surface area (Å²) in [6.45, 7) is 8.39. The van der Waals surface area contributed by atoms with Gasteiger partial charge in [0.25, 0.3) is 0 Å². The monoisotopic (exact) mass is 320 g/mol. The van der Waals surface area contributed by atoms with Crippen LogP contribution in [0, 0.1) is 34.6 Å². The van der Waals surface area contributed by atoms with Gasteiger partial charge in [0.05, 0.1) is 0 Å². The SMILES string of the molecule is Cc1cc(C)c(S(=O)(=O)c2c(C)ccc(C)c2O)c(O)c1C. The average molecular weight is 320 g/mol. The van der Waals surface area contributed by atoms with Gasteiger partial charge in [-0.3, -0.25) is 0 Å². The van der Waals surface area contributed by atoms with Crippen LogP contribution in [0.4, 0.5) is 0 Å². The highest BCUT2D eigenvalue weighted by molar-refractivity contribution is 7.91. The van der Waals surface area contributed by atoms with Gasteiger partial charge >= 0.3 is 0 Å². The van der Waals surface area contributed by atoms with Crippen LogP contribution in [-0.4, -0.2) is 18.6 Å². The molecular weight excluding hydrogens is 300 g/mol. The van der Waals surface area contributed by atoms with Crippen LogP contribution in [0.5, 0.6) is 11.5 Å². The van der Waals surface area contributed by atoms with Gasteiger partial charge in [-0.25, -0.2) is 8.42 Å². The molecule has 0 aliphatic carbocycles. The van der Waals surface area contributed by atoms with E-state index in [1.54, 1.807) is 45.9 Å². The second-order valence-corrected chi connectivity index (χ2v) is 7.52. The maximum atomic E-state index is 13.0. The second-order valence-electron chi connectivity index (χ2n) is 5.69. The molecule has 0 saturated carbocycles. The van der Waals surface area contributed by atoms with Gasteiger partial charge in [0, 0.05) is 0 Å². The van der Waals surface area contributed by atoms with Gasteiger partial charge in [-0.2, -0.15) is 0 Å². The maximum absolute atomic E-state index is 13.0. The number of phenolic OH excluding ortho intramolecular Hbond substituents is 2. The molecule has 5 heteroatoms. The van der Waals surface area contributed by atoms with Crippen LogP contribution in [-0.2, 0) is 9.84 Å². The smallest absolute Gasteiger partial charge is 0.214 e. The molecule has 0 heterocycles. The minimum atomic E-state index is -4.02. The molecule has 0 amide bonds. The van der Waals surface area contributed by atoms with Gasteiger partial charge in [-0.15, -0.1) is 0 Å². The van der Waals surface area contributed by atoms with Crippen LogP contribution >= 0.6 is 0 Å². The van der Waals surface area contributed by atoms with Gasteiger partial charge in [0.15, 0.2) is 0 Å². The first-order valence-electron chi connectivity index (χ1n) is 6.93. The molecule has 2 N–H and O–H groups in total. The summed E-state index contributed by atoms with van der Waals surface area (Å²) in [6, 6.07) is 5.04. The maximum Gasteiger partial charge on any atom is 0.214 e. The molecular formula is C17H20O4S. The Labute approximate surface area is 131 Å². The summed E-state index contributed by atoms with van der Waals surface area (Å²) in [5.74, 6) is -0.519. The Morgan fingerprint density at radius 3 is 1.82 bits per heavy atom. The number of rotatable bonds is 2. The zero-order valence-corrected chi connectivity index (χ0v) is 14.2. The van der Waals surface area contributed by atoms with Crippen LogP contribution in [0.2, 0.25) is 0 Å². The van der Waals surface area contributed by atoms with E-state index < -0.39 is 9.84 Å². The van der Waals surface area contributed by atoms with Crippen molar-refractivity contribution in [2.45, 2.75) is 44.4 Å². The van der Waals surface area contributed by atoms with Crippen LogP contribution in [0.1, 0.15) is 27.8 Å². The highest BCUT2D eigenvalue weighted by atomic mass is 32.2. The van der Waals surface area contributed by atoms with E-state index in [9.17, 15) is 18.6 Å². The van der Waals surface area contributed by atoms with E-state index in [-0.39, 0.29) is 21.3 Å². The first-order valence-corrected chi connectivity index (χ1v) is 8.41. The Morgan fingerprint density at radius 2 is 1.23 bits per heavy atom. The molecule has 118 valence electrons. The van der Waals surface area contributed by atoms with E-state index in [0.29, 0.717) is 22.3 Å². The van der Waals surface area contributed by atoms with Crippen molar-refractivity contribution < 1.29 is 18.6 Å². The van der Waals surface area contributed by atoms with Gasteiger partial charge < -0.3 is 10.2 Å². The van der Waals surface area contributed by atoms with Crippen LogP contribution in [0.15, 0.2) is 28.0 Å². The van der Waals surface area contributed by atoms with Crippen molar-refractivity contribution in [1.29, 1.82) is 0 Å². The molecule has 0 aliphatic rings. The van der Waals surface area contributed by atoms with Crippen LogP contribution < -0.4 is 0 Å². The molecule has 0 saturated heterocycles. The number of phenols is 2. The Bertz CT molecular complexity index is 865. The van der Waals surface area contributed by atoms with E-state index in [1.807, 2.05) is 6.92 Å². The van der Waals surface area contributed by atoms with Gasteiger partial charge in [0.2, 0.25) is 9.84 Å². The summed E-state index contributed by atoms with van der Waals surface area (Å²) in [4.78, 5) is -0.284. The Morgan fingerprint density at radius 1 is 0.727 bits per heavy atom. The highest BCUT2D eigenvalue weighted by Gasteiger charge is 2.30. The zero-order valence-electron chi connectivity index (χ0n) is 13.4. The lowest BCUT2D eigenvalue weighted by Crippen LogP contribution is -2.09. The minimum absolute atomic E-state index is 0.139. The van der Waals surface area contributed by atoms with E-state index in [0.717, 1.165) is 5.56 Å². The van der Waals surface area contributed by atoms with Crippen molar-refractivity contribution in [3.63, 3.8) is 0 Å². The summed E-state index contributed by atoms with van der Waals surface area (Å²) in [5, 5.41) is 20.6. The van der Waals surface area contributed by atoms with Crippen molar-refractivity contribution in [1.82, 2.24) is 0 Å². The molecule has 0 aromatic heterocycles. The predicted molar refractivity (Wildman–Crippen MR) is 85.4 cm³/mol. The van der Waals surface area contributed by atoms with Gasteiger partial charge in [0.1, 0.15) is 21.3 Å². The Kier molecular flexibility index (Phi) is 3.96. The lowest BCUT2D eigenvalue weighted by atomic mass is 10.1. The Hall–Kier alpha value is -2.01. The first kappa shape index (κ1) is 16.4. The first-order chi connectivity index (χ1) is 10.1. The summed E-state index contributed by atoms with van der Waals surface area (Å²) in [7, 11) is -4.02. The number of hydrogen-bond donors (Lipinski definition) is 2. The lowest BCUT2D eigenvalue weighted by Gasteiger charge is -2.16. The molecule has 2 aromatic rings. The standard InChI is InChI=1S/C17H20O4S/c1-9-6-7-10(2)16(14(9)18)22(20,21)17-12(4)8-11(3)13(5)15(17)19/h6-8,18-19H,1-5H3. The fourth-order valence-corrected chi connectivity index (χ4v) is 4.60. The summed E-state index contributed by atoms with van der Waals surface area (Å²) in [5.41, 5.74) is 2.72. The number of sulfone groups is 1. The molecule has 0 fully saturated rings. The van der Waals surface area contributed by atoms with E-state index in [4.69, 9.17) is 0 Å². The molecule has 0 spiro atoms. The highest BCUT2D eigenvalue weighted by Crippen LogP contribution is 2.40. The number of aryl methyl sites for hydroxylation is 4. The van der Waals surface area contributed by atoms with Gasteiger partial charge in [-0.1, -0.05) is 18.2 Å². The van der Waals surface area contributed by atoms with Crippen molar-refractivity contribution in [2.75, 3.05) is 0 Å². The van der Waals surface area contributed by atoms with E-state index >= 15 is 0 Å². The molecule has 0 bridgehead atoms. The number of benzene rings is 2. The topological polar surface area (TPSA) is 74.6 Å².